The highest BCUT2D eigenvalue weighted by Gasteiger charge is 2.51. The fourth-order valence-corrected chi connectivity index (χ4v) is 2.77. The molecule has 3 atom stereocenters. The molecule has 2 aliphatic rings. The lowest BCUT2D eigenvalue weighted by Gasteiger charge is -2.28. The average Bonchev–Trinajstić information content (AvgIpc) is 2.87. The summed E-state index contributed by atoms with van der Waals surface area (Å²) in [6.07, 6.45) is 4.83. The lowest BCUT2D eigenvalue weighted by atomic mass is 9.87. The van der Waals surface area contributed by atoms with E-state index in [0.29, 0.717) is 23.2 Å². The van der Waals surface area contributed by atoms with Crippen LogP contribution in [0.2, 0.25) is 0 Å². The number of rotatable bonds is 3. The molecule has 0 aromatic rings. The van der Waals surface area contributed by atoms with Crippen molar-refractivity contribution >= 4 is 5.78 Å². The maximum atomic E-state index is 12.2. The summed E-state index contributed by atoms with van der Waals surface area (Å²) in [6.45, 7) is 7.61. The summed E-state index contributed by atoms with van der Waals surface area (Å²) in [6, 6.07) is 0.447. The summed E-state index contributed by atoms with van der Waals surface area (Å²) >= 11 is 0. The van der Waals surface area contributed by atoms with E-state index in [1.54, 1.807) is 0 Å². The zero-order chi connectivity index (χ0) is 11.1. The number of ketones is 1. The van der Waals surface area contributed by atoms with E-state index in [-0.39, 0.29) is 5.92 Å². The van der Waals surface area contributed by atoms with Crippen LogP contribution >= 0.6 is 0 Å². The molecular formula is C13H23NO. The number of carbonyl (C=O) groups excluding carboxylic acids is 1. The van der Waals surface area contributed by atoms with Crippen LogP contribution in [0.3, 0.4) is 0 Å². The van der Waals surface area contributed by atoms with Crippen molar-refractivity contribution in [3.8, 4) is 0 Å². The van der Waals surface area contributed by atoms with Gasteiger partial charge in [0, 0.05) is 17.9 Å². The van der Waals surface area contributed by atoms with Crippen LogP contribution in [-0.2, 0) is 4.79 Å². The van der Waals surface area contributed by atoms with Crippen molar-refractivity contribution in [2.45, 2.75) is 52.5 Å². The molecule has 0 spiro atoms. The maximum Gasteiger partial charge on any atom is 0.140 e. The van der Waals surface area contributed by atoms with Crippen molar-refractivity contribution in [1.29, 1.82) is 0 Å². The van der Waals surface area contributed by atoms with Crippen LogP contribution in [0.4, 0.5) is 0 Å². The first-order chi connectivity index (χ1) is 7.02. The van der Waals surface area contributed by atoms with Crippen molar-refractivity contribution < 1.29 is 4.79 Å². The first-order valence-electron chi connectivity index (χ1n) is 6.29. The molecule has 0 aromatic carbocycles. The van der Waals surface area contributed by atoms with Gasteiger partial charge in [0.05, 0.1) is 0 Å². The Morgan fingerprint density at radius 3 is 2.53 bits per heavy atom. The molecule has 2 heteroatoms. The number of Topliss-reactive ketones (excluding diaryl/α,β-unsaturated/α-hetero) is 1. The van der Waals surface area contributed by atoms with E-state index in [2.05, 4.69) is 26.1 Å². The zero-order valence-electron chi connectivity index (χ0n) is 10.2. The molecular weight excluding hydrogens is 186 g/mol. The number of hydrogen-bond acceptors (Lipinski definition) is 2. The van der Waals surface area contributed by atoms with Gasteiger partial charge >= 0.3 is 0 Å². The van der Waals surface area contributed by atoms with E-state index >= 15 is 0 Å². The molecule has 1 saturated heterocycles. The molecule has 0 radical (unpaired) electrons. The minimum Gasteiger partial charge on any atom is -0.313 e. The van der Waals surface area contributed by atoms with Gasteiger partial charge in [0.2, 0.25) is 0 Å². The summed E-state index contributed by atoms with van der Waals surface area (Å²) < 4.78 is 0. The van der Waals surface area contributed by atoms with Crippen LogP contribution in [0.5, 0.6) is 0 Å². The van der Waals surface area contributed by atoms with Crippen molar-refractivity contribution in [2.75, 3.05) is 6.54 Å². The summed E-state index contributed by atoms with van der Waals surface area (Å²) in [7, 11) is 0. The van der Waals surface area contributed by atoms with Gasteiger partial charge in [-0.15, -0.1) is 0 Å². The fourth-order valence-electron chi connectivity index (χ4n) is 2.77. The molecule has 2 nitrogen and oxygen atoms in total. The molecule has 0 bridgehead atoms. The second-order valence-electron chi connectivity index (χ2n) is 5.99. The summed E-state index contributed by atoms with van der Waals surface area (Å²) in [5, 5.41) is 3.49. The van der Waals surface area contributed by atoms with Gasteiger partial charge in [0.25, 0.3) is 0 Å². The SMILES string of the molecule is CC(C(=O)C1CC1(C)C)C1CCCCN1. The molecule has 0 aromatic heterocycles. The van der Waals surface area contributed by atoms with E-state index < -0.39 is 0 Å². The Balaban J connectivity index is 1.90. The lowest BCUT2D eigenvalue weighted by molar-refractivity contribution is -0.125. The number of piperidine rings is 1. The molecule has 1 aliphatic heterocycles. The van der Waals surface area contributed by atoms with E-state index in [9.17, 15) is 4.79 Å². The Morgan fingerprint density at radius 2 is 2.07 bits per heavy atom. The summed E-state index contributed by atoms with van der Waals surface area (Å²) in [5.41, 5.74) is 0.292. The Hall–Kier alpha value is -0.370. The fraction of sp³-hybridized carbons (Fsp3) is 0.923. The monoisotopic (exact) mass is 209 g/mol. The van der Waals surface area contributed by atoms with Crippen molar-refractivity contribution in [1.82, 2.24) is 5.32 Å². The van der Waals surface area contributed by atoms with Crippen LogP contribution in [0.25, 0.3) is 0 Å². The average molecular weight is 209 g/mol. The van der Waals surface area contributed by atoms with E-state index in [0.717, 1.165) is 13.0 Å². The summed E-state index contributed by atoms with van der Waals surface area (Å²) in [4.78, 5) is 12.2. The largest absolute Gasteiger partial charge is 0.313 e. The van der Waals surface area contributed by atoms with Gasteiger partial charge in [-0.25, -0.2) is 0 Å². The molecule has 3 unspecified atom stereocenters. The van der Waals surface area contributed by atoms with Crippen LogP contribution in [0.1, 0.15) is 46.5 Å². The minimum absolute atomic E-state index is 0.220. The van der Waals surface area contributed by atoms with Gasteiger partial charge in [-0.05, 0) is 31.2 Å². The van der Waals surface area contributed by atoms with E-state index in [1.165, 1.54) is 19.3 Å². The number of nitrogens with one attached hydrogen (secondary N) is 1. The molecule has 0 amide bonds. The van der Waals surface area contributed by atoms with Gasteiger partial charge < -0.3 is 5.32 Å². The third-order valence-corrected chi connectivity index (χ3v) is 4.26. The Morgan fingerprint density at radius 1 is 1.40 bits per heavy atom. The smallest absolute Gasteiger partial charge is 0.140 e. The molecule has 86 valence electrons. The molecule has 1 N–H and O–H groups in total. The number of hydrogen-bond donors (Lipinski definition) is 1. The van der Waals surface area contributed by atoms with Crippen LogP contribution < -0.4 is 5.32 Å². The predicted molar refractivity (Wildman–Crippen MR) is 61.7 cm³/mol. The first kappa shape index (κ1) is 11.1. The van der Waals surface area contributed by atoms with Gasteiger partial charge in [-0.1, -0.05) is 27.2 Å². The van der Waals surface area contributed by atoms with Crippen LogP contribution in [0.15, 0.2) is 0 Å². The highest BCUT2D eigenvalue weighted by atomic mass is 16.1. The Kier molecular flexibility index (Phi) is 2.89. The molecule has 1 saturated carbocycles. The highest BCUT2D eigenvalue weighted by Crippen LogP contribution is 2.53. The third kappa shape index (κ3) is 2.25. The van der Waals surface area contributed by atoms with Gasteiger partial charge in [-0.2, -0.15) is 0 Å². The quantitative estimate of drug-likeness (QED) is 0.773. The highest BCUT2D eigenvalue weighted by molar-refractivity contribution is 5.87. The number of carbonyl (C=O) groups is 1. The van der Waals surface area contributed by atoms with Crippen molar-refractivity contribution in [3.63, 3.8) is 0 Å². The minimum atomic E-state index is 0.220. The third-order valence-electron chi connectivity index (χ3n) is 4.26. The first-order valence-corrected chi connectivity index (χ1v) is 6.29. The zero-order valence-corrected chi connectivity index (χ0v) is 10.2. The predicted octanol–water partition coefficient (Wildman–Crippen LogP) is 2.38. The molecule has 2 fully saturated rings. The van der Waals surface area contributed by atoms with Crippen molar-refractivity contribution in [2.24, 2.45) is 17.3 Å². The molecule has 1 heterocycles. The van der Waals surface area contributed by atoms with Crippen LogP contribution in [-0.4, -0.2) is 18.4 Å². The van der Waals surface area contributed by atoms with Crippen LogP contribution in [0, 0.1) is 17.3 Å². The Labute approximate surface area is 92.8 Å². The topological polar surface area (TPSA) is 29.1 Å². The van der Waals surface area contributed by atoms with Gasteiger partial charge in [0.1, 0.15) is 5.78 Å². The molecule has 2 rings (SSSR count). The Bertz CT molecular complexity index is 253. The second kappa shape index (κ2) is 3.89. The van der Waals surface area contributed by atoms with Gasteiger partial charge in [-0.3, -0.25) is 4.79 Å². The van der Waals surface area contributed by atoms with E-state index in [4.69, 9.17) is 0 Å². The standard InChI is InChI=1S/C13H23NO/c1-9(11-6-4-5-7-14-11)12(15)10-8-13(10,2)3/h9-11,14H,4-8H2,1-3H3. The normalized spacial score (nSPS) is 35.9. The maximum absolute atomic E-state index is 12.2. The van der Waals surface area contributed by atoms with Crippen molar-refractivity contribution in [3.05, 3.63) is 0 Å². The molecule has 1 aliphatic carbocycles. The summed E-state index contributed by atoms with van der Waals surface area (Å²) in [5.74, 6) is 1.06. The molecule has 15 heavy (non-hydrogen) atoms. The second-order valence-corrected chi connectivity index (χ2v) is 5.99. The lowest BCUT2D eigenvalue weighted by Crippen LogP contribution is -2.42. The van der Waals surface area contributed by atoms with Gasteiger partial charge in [0.15, 0.2) is 0 Å². The van der Waals surface area contributed by atoms with E-state index in [1.807, 2.05) is 0 Å².